The van der Waals surface area contributed by atoms with Crippen molar-refractivity contribution < 1.29 is 8.78 Å². The van der Waals surface area contributed by atoms with Crippen LogP contribution in [0, 0.1) is 0 Å². The first-order valence-corrected chi connectivity index (χ1v) is 3.69. The van der Waals surface area contributed by atoms with Crippen LogP contribution in [-0.2, 0) is 0 Å². The van der Waals surface area contributed by atoms with Gasteiger partial charge in [-0.05, 0) is 0 Å². The van der Waals surface area contributed by atoms with Gasteiger partial charge in [0.05, 0.1) is 6.54 Å². The zero-order chi connectivity index (χ0) is 10.8. The maximum atomic E-state index is 12.3. The Morgan fingerprint density at radius 2 is 2.14 bits per heavy atom. The van der Waals surface area contributed by atoms with E-state index >= 15 is 0 Å². The number of alkyl halides is 2. The minimum atomic E-state index is -2.95. The highest BCUT2D eigenvalue weighted by Gasteiger charge is 2.21. The highest BCUT2D eigenvalue weighted by Crippen LogP contribution is 2.10. The molecule has 78 valence electrons. The molecule has 0 aromatic carbocycles. The summed E-state index contributed by atoms with van der Waals surface area (Å²) in [6.07, 6.45) is 0. The van der Waals surface area contributed by atoms with Gasteiger partial charge < -0.3 is 5.32 Å². The van der Waals surface area contributed by atoms with Crippen molar-refractivity contribution in [3.05, 3.63) is 20.8 Å². The largest absolute Gasteiger partial charge is 0.358 e. The van der Waals surface area contributed by atoms with E-state index in [1.807, 2.05) is 10.1 Å². The Hall–Kier alpha value is -1.73. The van der Waals surface area contributed by atoms with Crippen molar-refractivity contribution in [3.63, 3.8) is 0 Å². The maximum Gasteiger partial charge on any atom is 0.342 e. The Balaban J connectivity index is 2.79. The molecule has 14 heavy (non-hydrogen) atoms. The fourth-order valence-corrected chi connectivity index (χ4v) is 0.706. The second-order valence-corrected chi connectivity index (χ2v) is 2.78. The van der Waals surface area contributed by atoms with Crippen LogP contribution in [0.3, 0.4) is 0 Å². The van der Waals surface area contributed by atoms with Crippen molar-refractivity contribution in [2.45, 2.75) is 12.8 Å². The third-order valence-corrected chi connectivity index (χ3v) is 1.28. The maximum absolute atomic E-state index is 12.3. The summed E-state index contributed by atoms with van der Waals surface area (Å²) in [6, 6.07) is 0. The molecule has 0 radical (unpaired) electrons. The van der Waals surface area contributed by atoms with Crippen molar-refractivity contribution in [2.24, 2.45) is 0 Å². The molecule has 0 amide bonds. The molecule has 0 spiro atoms. The molecule has 1 rings (SSSR count). The molecular formula is C6H8F2N4O2. The molecule has 0 atom stereocenters. The number of halogens is 2. The smallest absolute Gasteiger partial charge is 0.342 e. The first-order valence-electron chi connectivity index (χ1n) is 3.69. The topological polar surface area (TPSA) is 90.6 Å². The van der Waals surface area contributed by atoms with Gasteiger partial charge >= 0.3 is 5.69 Å². The normalized spacial score (nSPS) is 11.4. The van der Waals surface area contributed by atoms with Crippen LogP contribution in [0.25, 0.3) is 0 Å². The Labute approximate surface area is 76.4 Å². The Morgan fingerprint density at radius 3 is 2.64 bits per heavy atom. The molecule has 0 aliphatic rings. The molecule has 3 N–H and O–H groups in total. The lowest BCUT2D eigenvalue weighted by Gasteiger charge is -2.10. The number of nitrogens with one attached hydrogen (secondary N) is 3. The van der Waals surface area contributed by atoms with E-state index in [9.17, 15) is 18.4 Å². The van der Waals surface area contributed by atoms with E-state index in [4.69, 9.17) is 0 Å². The Bertz CT molecular complexity index is 419. The molecule has 0 aliphatic heterocycles. The lowest BCUT2D eigenvalue weighted by Crippen LogP contribution is -2.31. The Morgan fingerprint density at radius 1 is 1.50 bits per heavy atom. The highest BCUT2D eigenvalue weighted by molar-refractivity contribution is 5.28. The van der Waals surface area contributed by atoms with Gasteiger partial charge in [0.15, 0.2) is 0 Å². The van der Waals surface area contributed by atoms with E-state index < -0.39 is 23.7 Å². The van der Waals surface area contributed by atoms with Crippen molar-refractivity contribution in [3.8, 4) is 0 Å². The average molecular weight is 206 g/mol. The first-order chi connectivity index (χ1) is 6.38. The van der Waals surface area contributed by atoms with E-state index in [1.165, 1.54) is 0 Å². The van der Waals surface area contributed by atoms with Gasteiger partial charge in [-0.15, -0.1) is 5.10 Å². The van der Waals surface area contributed by atoms with Gasteiger partial charge in [0, 0.05) is 6.92 Å². The molecule has 0 fully saturated rings. The van der Waals surface area contributed by atoms with Crippen LogP contribution >= 0.6 is 0 Å². The standard InChI is InChI=1S/C6H8F2N4O2/c1-6(7,8)2-9-3-4(13)10-5(14)12-11-3/h2H2,1H3,(H,9,11)(H2,10,12,13,14). The summed E-state index contributed by atoms with van der Waals surface area (Å²) < 4.78 is 24.7. The summed E-state index contributed by atoms with van der Waals surface area (Å²) >= 11 is 0. The van der Waals surface area contributed by atoms with Crippen LogP contribution in [0.4, 0.5) is 14.6 Å². The fourth-order valence-electron chi connectivity index (χ4n) is 0.706. The quantitative estimate of drug-likeness (QED) is 0.623. The van der Waals surface area contributed by atoms with Crippen molar-refractivity contribution >= 4 is 5.82 Å². The van der Waals surface area contributed by atoms with Crippen LogP contribution in [0.1, 0.15) is 6.92 Å². The number of aromatic nitrogens is 3. The number of rotatable bonds is 3. The molecule has 0 saturated heterocycles. The molecule has 1 aromatic heterocycles. The summed E-state index contributed by atoms with van der Waals surface area (Å²) in [5.41, 5.74) is -1.62. The Kier molecular flexibility index (Phi) is 2.63. The predicted octanol–water partition coefficient (Wildman–Crippen LogP) is -0.475. The molecule has 0 saturated carbocycles. The second-order valence-electron chi connectivity index (χ2n) is 2.78. The predicted molar refractivity (Wildman–Crippen MR) is 44.6 cm³/mol. The van der Waals surface area contributed by atoms with Crippen LogP contribution in [0.2, 0.25) is 0 Å². The van der Waals surface area contributed by atoms with Gasteiger partial charge in [-0.25, -0.2) is 18.7 Å². The fraction of sp³-hybridized carbons (Fsp3) is 0.500. The zero-order valence-corrected chi connectivity index (χ0v) is 7.23. The number of H-pyrrole nitrogens is 2. The van der Waals surface area contributed by atoms with E-state index in [0.29, 0.717) is 6.92 Å². The van der Waals surface area contributed by atoms with Gasteiger partial charge in [0.2, 0.25) is 5.82 Å². The van der Waals surface area contributed by atoms with E-state index in [2.05, 4.69) is 10.4 Å². The van der Waals surface area contributed by atoms with E-state index in [1.54, 1.807) is 0 Å². The monoisotopic (exact) mass is 206 g/mol. The molecule has 0 bridgehead atoms. The number of hydrogen-bond donors (Lipinski definition) is 3. The van der Waals surface area contributed by atoms with Crippen LogP contribution in [-0.4, -0.2) is 27.6 Å². The van der Waals surface area contributed by atoms with Crippen molar-refractivity contribution in [2.75, 3.05) is 11.9 Å². The average Bonchev–Trinajstić information content (AvgIpc) is 2.00. The second kappa shape index (κ2) is 3.56. The van der Waals surface area contributed by atoms with E-state index in [0.717, 1.165) is 0 Å². The molecular weight excluding hydrogens is 198 g/mol. The van der Waals surface area contributed by atoms with Crippen molar-refractivity contribution in [1.29, 1.82) is 0 Å². The highest BCUT2D eigenvalue weighted by atomic mass is 19.3. The summed E-state index contributed by atoms with van der Waals surface area (Å²) in [5, 5.41) is 7.27. The molecule has 8 heteroatoms. The van der Waals surface area contributed by atoms with E-state index in [-0.39, 0.29) is 5.82 Å². The lowest BCUT2D eigenvalue weighted by atomic mass is 10.4. The number of hydrogen-bond acceptors (Lipinski definition) is 4. The van der Waals surface area contributed by atoms with Gasteiger partial charge in [-0.3, -0.25) is 9.78 Å². The summed E-state index contributed by atoms with van der Waals surface area (Å²) in [6.45, 7) is -0.0327. The number of nitrogens with zero attached hydrogens (tertiary/aromatic N) is 1. The summed E-state index contributed by atoms with van der Waals surface area (Å²) in [4.78, 5) is 23.2. The first kappa shape index (κ1) is 10.4. The zero-order valence-electron chi connectivity index (χ0n) is 7.23. The van der Waals surface area contributed by atoms with Gasteiger partial charge in [0.25, 0.3) is 11.5 Å². The van der Waals surface area contributed by atoms with Crippen LogP contribution in [0.5, 0.6) is 0 Å². The molecule has 0 aliphatic carbocycles. The van der Waals surface area contributed by atoms with Gasteiger partial charge in [-0.2, -0.15) is 0 Å². The SMILES string of the molecule is CC(F)(F)CNc1n[nH]c(=O)[nH]c1=O. The molecule has 0 unspecified atom stereocenters. The number of aromatic amines is 2. The van der Waals surface area contributed by atoms with Crippen LogP contribution < -0.4 is 16.6 Å². The lowest BCUT2D eigenvalue weighted by molar-refractivity contribution is 0.0366. The third kappa shape index (κ3) is 2.96. The minimum absolute atomic E-state index is 0.342. The van der Waals surface area contributed by atoms with Gasteiger partial charge in [-0.1, -0.05) is 0 Å². The molecule has 1 aromatic rings. The minimum Gasteiger partial charge on any atom is -0.358 e. The summed E-state index contributed by atoms with van der Waals surface area (Å²) in [7, 11) is 0. The van der Waals surface area contributed by atoms with Crippen molar-refractivity contribution in [1.82, 2.24) is 15.2 Å². The molecule has 6 nitrogen and oxygen atoms in total. The summed E-state index contributed by atoms with van der Waals surface area (Å²) in [5.74, 6) is -3.30. The number of anilines is 1. The van der Waals surface area contributed by atoms with Gasteiger partial charge in [0.1, 0.15) is 0 Å². The van der Waals surface area contributed by atoms with Crippen LogP contribution in [0.15, 0.2) is 9.59 Å². The molecule has 1 heterocycles. The third-order valence-electron chi connectivity index (χ3n) is 1.28.